The minimum Gasteiger partial charge on any atom is -0.492 e. The van der Waals surface area contributed by atoms with Gasteiger partial charge in [-0.3, -0.25) is 0 Å². The molecule has 2 rings (SSSR count). The fourth-order valence-corrected chi connectivity index (χ4v) is 2.32. The molecule has 0 spiro atoms. The number of hydrogen-bond donors (Lipinski definition) is 1. The Labute approximate surface area is 118 Å². The van der Waals surface area contributed by atoms with Gasteiger partial charge < -0.3 is 14.5 Å². The van der Waals surface area contributed by atoms with Crippen molar-refractivity contribution in [3.63, 3.8) is 0 Å². The normalized spacial score (nSPS) is 11.4. The van der Waals surface area contributed by atoms with E-state index >= 15 is 0 Å². The van der Waals surface area contributed by atoms with E-state index in [1.807, 2.05) is 6.07 Å². The lowest BCUT2D eigenvalue weighted by molar-refractivity contribution is 0.313. The predicted molar refractivity (Wildman–Crippen MR) is 75.5 cm³/mol. The van der Waals surface area contributed by atoms with Gasteiger partial charge in [-0.15, -0.1) is 0 Å². The second-order valence-electron chi connectivity index (χ2n) is 4.40. The van der Waals surface area contributed by atoms with E-state index in [0.29, 0.717) is 25.4 Å². The number of benzene rings is 1. The Morgan fingerprint density at radius 3 is 2.85 bits per heavy atom. The molecule has 6 heteroatoms. The summed E-state index contributed by atoms with van der Waals surface area (Å²) >= 11 is 0. The Hall–Kier alpha value is -1.79. The summed E-state index contributed by atoms with van der Waals surface area (Å²) in [4.78, 5) is 0.265. The van der Waals surface area contributed by atoms with Crippen LogP contribution in [0.25, 0.3) is 0 Å². The van der Waals surface area contributed by atoms with Crippen molar-refractivity contribution in [2.75, 3.05) is 19.4 Å². The Balaban J connectivity index is 1.77. The molecule has 20 heavy (non-hydrogen) atoms. The highest BCUT2D eigenvalue weighted by atomic mass is 32.2. The van der Waals surface area contributed by atoms with E-state index in [1.54, 1.807) is 30.7 Å². The highest BCUT2D eigenvalue weighted by molar-refractivity contribution is 7.90. The highest BCUT2D eigenvalue weighted by Crippen LogP contribution is 2.17. The predicted octanol–water partition coefficient (Wildman–Crippen LogP) is 1.85. The van der Waals surface area contributed by atoms with Gasteiger partial charge in [0.2, 0.25) is 0 Å². The number of sulfone groups is 1. The van der Waals surface area contributed by atoms with E-state index in [1.165, 1.54) is 12.3 Å². The summed E-state index contributed by atoms with van der Waals surface area (Å²) in [5, 5.41) is 3.20. The standard InChI is InChI=1S/C14H17NO4S/c1-20(16,17)14-4-2-3-13(9-14)19-8-6-15-10-12-5-7-18-11-12/h2-5,7,9,11,15H,6,8,10H2,1H3. The largest absolute Gasteiger partial charge is 0.492 e. The van der Waals surface area contributed by atoms with E-state index in [9.17, 15) is 8.42 Å². The lowest BCUT2D eigenvalue weighted by Gasteiger charge is -2.08. The van der Waals surface area contributed by atoms with Crippen LogP contribution in [0.4, 0.5) is 0 Å². The Morgan fingerprint density at radius 1 is 1.30 bits per heavy atom. The van der Waals surface area contributed by atoms with Gasteiger partial charge in [0.1, 0.15) is 12.4 Å². The van der Waals surface area contributed by atoms with Gasteiger partial charge in [-0.2, -0.15) is 0 Å². The number of hydrogen-bond acceptors (Lipinski definition) is 5. The molecule has 0 aliphatic carbocycles. The molecule has 0 saturated heterocycles. The molecule has 1 N–H and O–H groups in total. The average molecular weight is 295 g/mol. The van der Waals surface area contributed by atoms with E-state index < -0.39 is 9.84 Å². The zero-order valence-electron chi connectivity index (χ0n) is 11.2. The van der Waals surface area contributed by atoms with Crippen molar-refractivity contribution < 1.29 is 17.6 Å². The van der Waals surface area contributed by atoms with Crippen molar-refractivity contribution in [1.82, 2.24) is 5.32 Å². The lowest BCUT2D eigenvalue weighted by atomic mass is 10.3. The second-order valence-corrected chi connectivity index (χ2v) is 6.42. The summed E-state index contributed by atoms with van der Waals surface area (Å²) < 4.78 is 33.3. The minimum absolute atomic E-state index is 0.265. The molecule has 1 aromatic heterocycles. The fourth-order valence-electron chi connectivity index (χ4n) is 1.66. The van der Waals surface area contributed by atoms with Crippen LogP contribution >= 0.6 is 0 Å². The minimum atomic E-state index is -3.20. The fraction of sp³-hybridized carbons (Fsp3) is 0.286. The van der Waals surface area contributed by atoms with Gasteiger partial charge >= 0.3 is 0 Å². The topological polar surface area (TPSA) is 68.5 Å². The van der Waals surface area contributed by atoms with Crippen LogP contribution in [0.15, 0.2) is 52.2 Å². The molecule has 2 aromatic rings. The molecule has 0 saturated carbocycles. The zero-order chi connectivity index (χ0) is 14.4. The SMILES string of the molecule is CS(=O)(=O)c1cccc(OCCNCc2ccoc2)c1. The molecule has 0 aliphatic rings. The monoisotopic (exact) mass is 295 g/mol. The molecule has 0 aliphatic heterocycles. The molecule has 5 nitrogen and oxygen atoms in total. The molecule has 0 radical (unpaired) electrons. The third kappa shape index (κ3) is 4.40. The second kappa shape index (κ2) is 6.58. The van der Waals surface area contributed by atoms with Crippen molar-refractivity contribution in [3.05, 3.63) is 48.4 Å². The van der Waals surface area contributed by atoms with Gasteiger partial charge in [0.25, 0.3) is 0 Å². The van der Waals surface area contributed by atoms with Gasteiger partial charge in [0, 0.05) is 24.9 Å². The third-order valence-electron chi connectivity index (χ3n) is 2.69. The number of rotatable bonds is 7. The summed E-state index contributed by atoms with van der Waals surface area (Å²) in [5.74, 6) is 0.554. The van der Waals surface area contributed by atoms with E-state index in [0.717, 1.165) is 5.56 Å². The molecule has 0 bridgehead atoms. The maximum Gasteiger partial charge on any atom is 0.175 e. The highest BCUT2D eigenvalue weighted by Gasteiger charge is 2.07. The Morgan fingerprint density at radius 2 is 2.15 bits per heavy atom. The summed E-state index contributed by atoms with van der Waals surface area (Å²) in [5.41, 5.74) is 1.07. The third-order valence-corrected chi connectivity index (χ3v) is 3.80. The molecule has 0 amide bonds. The molecule has 108 valence electrons. The van der Waals surface area contributed by atoms with Crippen LogP contribution in [0.1, 0.15) is 5.56 Å². The Bertz CT molecular complexity index is 635. The molecule has 1 aromatic carbocycles. The maximum absolute atomic E-state index is 11.4. The molecule has 1 heterocycles. The summed E-state index contributed by atoms with van der Waals surface area (Å²) in [6.07, 6.45) is 4.49. The van der Waals surface area contributed by atoms with Crippen LogP contribution < -0.4 is 10.1 Å². The smallest absolute Gasteiger partial charge is 0.175 e. The molecule has 0 atom stereocenters. The van der Waals surface area contributed by atoms with Crippen LogP contribution in [0.3, 0.4) is 0 Å². The first-order chi connectivity index (χ1) is 9.55. The van der Waals surface area contributed by atoms with Crippen LogP contribution in [-0.2, 0) is 16.4 Å². The van der Waals surface area contributed by atoms with E-state index in [4.69, 9.17) is 9.15 Å². The van der Waals surface area contributed by atoms with Crippen molar-refractivity contribution in [2.24, 2.45) is 0 Å². The number of furan rings is 1. The Kier molecular flexibility index (Phi) is 4.81. The van der Waals surface area contributed by atoms with Gasteiger partial charge in [-0.1, -0.05) is 6.07 Å². The van der Waals surface area contributed by atoms with Gasteiger partial charge in [-0.25, -0.2) is 8.42 Å². The first-order valence-corrected chi connectivity index (χ1v) is 8.09. The van der Waals surface area contributed by atoms with Crippen LogP contribution in [0.2, 0.25) is 0 Å². The average Bonchev–Trinajstić information content (AvgIpc) is 2.91. The van der Waals surface area contributed by atoms with Gasteiger partial charge in [0.15, 0.2) is 9.84 Å². The van der Waals surface area contributed by atoms with Crippen molar-refractivity contribution in [1.29, 1.82) is 0 Å². The summed E-state index contributed by atoms with van der Waals surface area (Å²) in [6, 6.07) is 8.39. The van der Waals surface area contributed by atoms with Crippen molar-refractivity contribution in [2.45, 2.75) is 11.4 Å². The van der Waals surface area contributed by atoms with E-state index in [-0.39, 0.29) is 4.90 Å². The van der Waals surface area contributed by atoms with Crippen molar-refractivity contribution in [3.8, 4) is 5.75 Å². The number of ether oxygens (including phenoxy) is 1. The van der Waals surface area contributed by atoms with Gasteiger partial charge in [-0.05, 0) is 24.3 Å². The quantitative estimate of drug-likeness (QED) is 0.790. The first kappa shape index (κ1) is 14.6. The maximum atomic E-state index is 11.4. The molecular weight excluding hydrogens is 278 g/mol. The first-order valence-electron chi connectivity index (χ1n) is 6.20. The van der Waals surface area contributed by atoms with Crippen LogP contribution in [0.5, 0.6) is 5.75 Å². The number of nitrogens with one attached hydrogen (secondary N) is 1. The van der Waals surface area contributed by atoms with Crippen LogP contribution in [0, 0.1) is 0 Å². The van der Waals surface area contributed by atoms with Gasteiger partial charge in [0.05, 0.1) is 17.4 Å². The molecule has 0 unspecified atom stereocenters. The summed E-state index contributed by atoms with van der Waals surface area (Å²) in [7, 11) is -3.20. The van der Waals surface area contributed by atoms with E-state index in [2.05, 4.69) is 5.32 Å². The summed E-state index contributed by atoms with van der Waals surface area (Å²) in [6.45, 7) is 1.84. The molecular formula is C14H17NO4S. The van der Waals surface area contributed by atoms with Crippen molar-refractivity contribution >= 4 is 9.84 Å². The lowest BCUT2D eigenvalue weighted by Crippen LogP contribution is -2.20. The van der Waals surface area contributed by atoms with Crippen LogP contribution in [-0.4, -0.2) is 27.8 Å². The molecule has 0 fully saturated rings. The zero-order valence-corrected chi connectivity index (χ0v) is 12.0.